The zero-order chi connectivity index (χ0) is 14.5. The molecule has 3 rings (SSSR count). The summed E-state index contributed by atoms with van der Waals surface area (Å²) in [6.07, 6.45) is 8.19. The van der Waals surface area contributed by atoms with Gasteiger partial charge in [-0.25, -0.2) is 4.98 Å². The molecule has 1 saturated carbocycles. The van der Waals surface area contributed by atoms with Gasteiger partial charge in [0.15, 0.2) is 5.69 Å². The molecule has 21 heavy (non-hydrogen) atoms. The standard InChI is InChI=1S/C17H17N3S/c18-12-16-17(21-13-6-2-1-3-7-13)10-9-15(20-16)14-8-4-5-11-19-14/h4-5,8-11,13H,1-3,6-7H2. The maximum atomic E-state index is 9.37. The third-order valence-corrected chi connectivity index (χ3v) is 5.13. The smallest absolute Gasteiger partial charge is 0.154 e. The molecule has 0 amide bonds. The summed E-state index contributed by atoms with van der Waals surface area (Å²) >= 11 is 1.81. The molecule has 0 aliphatic heterocycles. The third-order valence-electron chi connectivity index (χ3n) is 3.74. The van der Waals surface area contributed by atoms with Crippen LogP contribution in [0, 0.1) is 11.3 Å². The highest BCUT2D eigenvalue weighted by Gasteiger charge is 2.17. The number of pyridine rings is 2. The van der Waals surface area contributed by atoms with Crippen molar-refractivity contribution < 1.29 is 0 Å². The van der Waals surface area contributed by atoms with Crippen molar-refractivity contribution >= 4 is 11.8 Å². The Morgan fingerprint density at radius 3 is 2.62 bits per heavy atom. The number of rotatable bonds is 3. The summed E-state index contributed by atoms with van der Waals surface area (Å²) in [4.78, 5) is 9.78. The van der Waals surface area contributed by atoms with Crippen LogP contribution in [0.4, 0.5) is 0 Å². The minimum absolute atomic E-state index is 0.522. The summed E-state index contributed by atoms with van der Waals surface area (Å²) in [6.45, 7) is 0. The van der Waals surface area contributed by atoms with Crippen molar-refractivity contribution in [3.63, 3.8) is 0 Å². The van der Waals surface area contributed by atoms with Crippen LogP contribution in [0.1, 0.15) is 37.8 Å². The van der Waals surface area contributed by atoms with Gasteiger partial charge < -0.3 is 0 Å². The van der Waals surface area contributed by atoms with E-state index in [0.29, 0.717) is 10.9 Å². The molecule has 0 bridgehead atoms. The Bertz CT molecular complexity index is 643. The fourth-order valence-corrected chi connectivity index (χ4v) is 3.92. The van der Waals surface area contributed by atoms with Crippen molar-refractivity contribution in [2.24, 2.45) is 0 Å². The predicted octanol–water partition coefficient (Wildman–Crippen LogP) is 4.44. The van der Waals surface area contributed by atoms with Crippen LogP contribution in [0.15, 0.2) is 41.4 Å². The van der Waals surface area contributed by atoms with Gasteiger partial charge in [0.1, 0.15) is 6.07 Å². The van der Waals surface area contributed by atoms with Gasteiger partial charge in [0.2, 0.25) is 0 Å². The molecule has 1 fully saturated rings. The van der Waals surface area contributed by atoms with E-state index in [9.17, 15) is 5.26 Å². The van der Waals surface area contributed by atoms with Crippen LogP contribution < -0.4 is 0 Å². The van der Waals surface area contributed by atoms with Crippen molar-refractivity contribution in [1.29, 1.82) is 5.26 Å². The van der Waals surface area contributed by atoms with E-state index in [-0.39, 0.29) is 0 Å². The van der Waals surface area contributed by atoms with Crippen molar-refractivity contribution in [3.8, 4) is 17.5 Å². The van der Waals surface area contributed by atoms with Crippen LogP contribution in [0.3, 0.4) is 0 Å². The summed E-state index contributed by atoms with van der Waals surface area (Å²) in [7, 11) is 0. The quantitative estimate of drug-likeness (QED) is 0.840. The average Bonchev–Trinajstić information content (AvgIpc) is 2.57. The van der Waals surface area contributed by atoms with Gasteiger partial charge >= 0.3 is 0 Å². The summed E-state index contributed by atoms with van der Waals surface area (Å²) in [5.74, 6) is 0. The fourth-order valence-electron chi connectivity index (χ4n) is 2.64. The van der Waals surface area contributed by atoms with Gasteiger partial charge in [-0.1, -0.05) is 25.3 Å². The molecule has 2 heterocycles. The highest BCUT2D eigenvalue weighted by atomic mass is 32.2. The molecule has 0 spiro atoms. The van der Waals surface area contributed by atoms with E-state index in [1.54, 1.807) is 6.20 Å². The van der Waals surface area contributed by atoms with Crippen LogP contribution in [0.5, 0.6) is 0 Å². The molecule has 0 unspecified atom stereocenters. The van der Waals surface area contributed by atoms with E-state index in [4.69, 9.17) is 0 Å². The number of hydrogen-bond donors (Lipinski definition) is 0. The average molecular weight is 295 g/mol. The molecule has 0 atom stereocenters. The summed E-state index contributed by atoms with van der Waals surface area (Å²) in [5, 5.41) is 10.0. The van der Waals surface area contributed by atoms with Gasteiger partial charge in [-0.3, -0.25) is 4.98 Å². The zero-order valence-corrected chi connectivity index (χ0v) is 12.6. The van der Waals surface area contributed by atoms with Crippen LogP contribution in [0.25, 0.3) is 11.4 Å². The van der Waals surface area contributed by atoms with E-state index in [0.717, 1.165) is 16.3 Å². The van der Waals surface area contributed by atoms with Gasteiger partial charge in [-0.2, -0.15) is 5.26 Å². The molecule has 0 saturated heterocycles. The topological polar surface area (TPSA) is 49.6 Å². The number of hydrogen-bond acceptors (Lipinski definition) is 4. The Labute approximate surface area is 129 Å². The minimum atomic E-state index is 0.522. The Morgan fingerprint density at radius 2 is 1.90 bits per heavy atom. The maximum Gasteiger partial charge on any atom is 0.154 e. The molecular formula is C17H17N3S. The summed E-state index contributed by atoms with van der Waals surface area (Å²) in [6, 6.07) is 11.9. The highest BCUT2D eigenvalue weighted by molar-refractivity contribution is 8.00. The summed E-state index contributed by atoms with van der Waals surface area (Å²) < 4.78 is 0. The summed E-state index contributed by atoms with van der Waals surface area (Å²) in [5.41, 5.74) is 2.09. The molecular weight excluding hydrogens is 278 g/mol. The van der Waals surface area contributed by atoms with Crippen molar-refractivity contribution in [2.45, 2.75) is 42.2 Å². The lowest BCUT2D eigenvalue weighted by molar-refractivity contribution is 0.516. The van der Waals surface area contributed by atoms with E-state index in [1.165, 1.54) is 32.1 Å². The zero-order valence-electron chi connectivity index (χ0n) is 11.8. The first-order valence-corrected chi connectivity index (χ1v) is 8.24. The van der Waals surface area contributed by atoms with Crippen molar-refractivity contribution in [2.75, 3.05) is 0 Å². The van der Waals surface area contributed by atoms with Gasteiger partial charge in [0.25, 0.3) is 0 Å². The molecule has 0 aromatic carbocycles. The monoisotopic (exact) mass is 295 g/mol. The lowest BCUT2D eigenvalue weighted by Gasteiger charge is -2.21. The minimum Gasteiger partial charge on any atom is -0.255 e. The van der Waals surface area contributed by atoms with Crippen molar-refractivity contribution in [3.05, 3.63) is 42.2 Å². The Kier molecular flexibility index (Phi) is 4.52. The molecule has 3 nitrogen and oxygen atoms in total. The van der Waals surface area contributed by atoms with Gasteiger partial charge in [0.05, 0.1) is 11.4 Å². The predicted molar refractivity (Wildman–Crippen MR) is 84.9 cm³/mol. The SMILES string of the molecule is N#Cc1nc(-c2ccccn2)ccc1SC1CCCCC1. The van der Waals surface area contributed by atoms with E-state index in [1.807, 2.05) is 42.1 Å². The van der Waals surface area contributed by atoms with Crippen LogP contribution in [-0.4, -0.2) is 15.2 Å². The first-order chi connectivity index (χ1) is 10.4. The van der Waals surface area contributed by atoms with Gasteiger partial charge in [-0.05, 0) is 37.1 Å². The Morgan fingerprint density at radius 1 is 1.05 bits per heavy atom. The van der Waals surface area contributed by atoms with Crippen molar-refractivity contribution in [1.82, 2.24) is 9.97 Å². The molecule has 0 radical (unpaired) electrons. The molecule has 1 aliphatic rings. The number of aromatic nitrogens is 2. The van der Waals surface area contributed by atoms with Gasteiger partial charge in [-0.15, -0.1) is 11.8 Å². The lowest BCUT2D eigenvalue weighted by Crippen LogP contribution is -2.08. The van der Waals surface area contributed by atoms with Crippen LogP contribution in [0.2, 0.25) is 0 Å². The number of thioether (sulfide) groups is 1. The number of nitrogens with zero attached hydrogens (tertiary/aromatic N) is 3. The van der Waals surface area contributed by atoms with E-state index >= 15 is 0 Å². The second kappa shape index (κ2) is 6.73. The highest BCUT2D eigenvalue weighted by Crippen LogP contribution is 2.35. The van der Waals surface area contributed by atoms with Crippen LogP contribution >= 0.6 is 11.8 Å². The van der Waals surface area contributed by atoms with E-state index in [2.05, 4.69) is 16.0 Å². The second-order valence-corrected chi connectivity index (χ2v) is 6.59. The van der Waals surface area contributed by atoms with Gasteiger partial charge in [0, 0.05) is 16.3 Å². The maximum absolute atomic E-state index is 9.37. The normalized spacial score (nSPS) is 15.6. The first-order valence-electron chi connectivity index (χ1n) is 7.36. The number of nitriles is 1. The molecule has 0 N–H and O–H groups in total. The second-order valence-electron chi connectivity index (χ2n) is 5.25. The first kappa shape index (κ1) is 14.1. The molecule has 2 aromatic heterocycles. The molecule has 106 valence electrons. The molecule has 2 aromatic rings. The third kappa shape index (κ3) is 3.43. The fraction of sp³-hybridized carbons (Fsp3) is 0.353. The lowest BCUT2D eigenvalue weighted by atomic mass is 10.0. The molecule has 1 aliphatic carbocycles. The Balaban J connectivity index is 1.84. The Hall–Kier alpha value is -1.86. The van der Waals surface area contributed by atoms with Crippen LogP contribution in [-0.2, 0) is 0 Å². The largest absolute Gasteiger partial charge is 0.255 e. The van der Waals surface area contributed by atoms with E-state index < -0.39 is 0 Å². The molecule has 4 heteroatoms.